The summed E-state index contributed by atoms with van der Waals surface area (Å²) in [6, 6.07) is 20.7. The molecule has 2 aromatic heterocycles. The number of halogens is 1. The fourth-order valence-electron chi connectivity index (χ4n) is 3.34. The summed E-state index contributed by atoms with van der Waals surface area (Å²) in [6.07, 6.45) is 2.04. The lowest BCUT2D eigenvalue weighted by Gasteiger charge is -2.13. The van der Waals surface area contributed by atoms with Crippen LogP contribution in [0.5, 0.6) is 0 Å². The zero-order valence-corrected chi connectivity index (χ0v) is 17.6. The third kappa shape index (κ3) is 5.40. The molecule has 0 radical (unpaired) electrons. The second-order valence-electron chi connectivity index (χ2n) is 7.22. The second kappa shape index (κ2) is 10.2. The summed E-state index contributed by atoms with van der Waals surface area (Å²) in [7, 11) is 0. The van der Waals surface area contributed by atoms with Gasteiger partial charge in [0.15, 0.2) is 5.76 Å². The van der Waals surface area contributed by atoms with E-state index in [4.69, 9.17) is 4.52 Å². The van der Waals surface area contributed by atoms with E-state index in [9.17, 15) is 14.4 Å². The van der Waals surface area contributed by atoms with Gasteiger partial charge in [0.1, 0.15) is 11.6 Å². The number of amides is 1. The molecule has 1 amide bonds. The molecule has 0 aliphatic rings. The quantitative estimate of drug-likeness (QED) is 0.422. The Labute approximate surface area is 189 Å². The molecule has 2 heterocycles. The van der Waals surface area contributed by atoms with Crippen molar-refractivity contribution < 1.29 is 13.7 Å². The predicted molar refractivity (Wildman–Crippen MR) is 121 cm³/mol. The number of anilines is 1. The highest BCUT2D eigenvalue weighted by molar-refractivity contribution is 5.99. The number of hydrogen-bond donors (Lipinski definition) is 2. The van der Waals surface area contributed by atoms with Crippen molar-refractivity contribution in [1.82, 2.24) is 15.5 Å². The standard InChI is InChI=1S/C25H20FN5O2/c26-19-6-3-4-17(14-19)10-12-28-24-22(25(32)29-16-20-11-13-30-33-20)8-9-23(31-24)21-7-2-1-5-18(21)15-27/h1-9,11,13-14H,10,12,16H2,(H,28,31)(H,29,32). The number of carbonyl (C=O) groups excluding carboxylic acids is 1. The number of carbonyl (C=O) groups is 1. The molecule has 2 N–H and O–H groups in total. The van der Waals surface area contributed by atoms with Gasteiger partial charge in [0.05, 0.1) is 35.6 Å². The number of benzene rings is 2. The van der Waals surface area contributed by atoms with Gasteiger partial charge >= 0.3 is 0 Å². The Kier molecular flexibility index (Phi) is 6.71. The molecule has 33 heavy (non-hydrogen) atoms. The van der Waals surface area contributed by atoms with Crippen LogP contribution in [-0.2, 0) is 13.0 Å². The van der Waals surface area contributed by atoms with Crippen LogP contribution in [0.3, 0.4) is 0 Å². The first-order valence-electron chi connectivity index (χ1n) is 10.3. The lowest BCUT2D eigenvalue weighted by Crippen LogP contribution is -2.24. The molecule has 8 heteroatoms. The fraction of sp³-hybridized carbons (Fsp3) is 0.120. The second-order valence-corrected chi connectivity index (χ2v) is 7.22. The Morgan fingerprint density at radius 3 is 2.76 bits per heavy atom. The normalized spacial score (nSPS) is 10.4. The van der Waals surface area contributed by atoms with Gasteiger partial charge in [-0.15, -0.1) is 0 Å². The van der Waals surface area contributed by atoms with Gasteiger partial charge in [-0.25, -0.2) is 9.37 Å². The maximum absolute atomic E-state index is 13.5. The van der Waals surface area contributed by atoms with Crippen molar-refractivity contribution in [3.8, 4) is 17.3 Å². The van der Waals surface area contributed by atoms with Crippen LogP contribution in [0.2, 0.25) is 0 Å². The van der Waals surface area contributed by atoms with Crippen molar-refractivity contribution in [1.29, 1.82) is 5.26 Å². The first kappa shape index (κ1) is 21.7. The third-order valence-electron chi connectivity index (χ3n) is 4.97. The molecule has 0 spiro atoms. The minimum atomic E-state index is -0.340. The summed E-state index contributed by atoms with van der Waals surface area (Å²) in [5.74, 6) is 0.253. The van der Waals surface area contributed by atoms with E-state index in [0.29, 0.717) is 46.9 Å². The van der Waals surface area contributed by atoms with Crippen LogP contribution in [-0.4, -0.2) is 22.6 Å². The van der Waals surface area contributed by atoms with E-state index < -0.39 is 0 Å². The third-order valence-corrected chi connectivity index (χ3v) is 4.97. The number of nitrogens with zero attached hydrogens (tertiary/aromatic N) is 3. The molecule has 0 aliphatic heterocycles. The molecule has 0 bridgehead atoms. The molecule has 0 atom stereocenters. The number of aromatic nitrogens is 2. The SMILES string of the molecule is N#Cc1ccccc1-c1ccc(C(=O)NCc2ccno2)c(NCCc2cccc(F)c2)n1. The van der Waals surface area contributed by atoms with Crippen LogP contribution in [0.1, 0.15) is 27.2 Å². The lowest BCUT2D eigenvalue weighted by molar-refractivity contribution is 0.0947. The lowest BCUT2D eigenvalue weighted by atomic mass is 10.0. The van der Waals surface area contributed by atoms with Gasteiger partial charge in [-0.1, -0.05) is 35.5 Å². The number of nitriles is 1. The average Bonchev–Trinajstić information content (AvgIpc) is 3.36. The minimum Gasteiger partial charge on any atom is -0.369 e. The largest absolute Gasteiger partial charge is 0.369 e. The highest BCUT2D eigenvalue weighted by atomic mass is 19.1. The molecule has 0 aliphatic carbocycles. The van der Waals surface area contributed by atoms with Crippen molar-refractivity contribution in [3.05, 3.63) is 101 Å². The van der Waals surface area contributed by atoms with E-state index in [-0.39, 0.29) is 18.3 Å². The van der Waals surface area contributed by atoms with Gasteiger partial charge in [0.2, 0.25) is 0 Å². The van der Waals surface area contributed by atoms with Gasteiger partial charge < -0.3 is 15.2 Å². The first-order valence-corrected chi connectivity index (χ1v) is 10.3. The molecular formula is C25H20FN5O2. The summed E-state index contributed by atoms with van der Waals surface area (Å²) in [4.78, 5) is 17.5. The van der Waals surface area contributed by atoms with Crippen LogP contribution in [0, 0.1) is 17.1 Å². The molecule has 7 nitrogen and oxygen atoms in total. The zero-order valence-electron chi connectivity index (χ0n) is 17.6. The summed E-state index contributed by atoms with van der Waals surface area (Å²) < 4.78 is 18.5. The molecule has 2 aromatic carbocycles. The Morgan fingerprint density at radius 1 is 1.09 bits per heavy atom. The molecule has 0 saturated heterocycles. The average molecular weight is 441 g/mol. The van der Waals surface area contributed by atoms with E-state index in [0.717, 1.165) is 5.56 Å². The first-order chi connectivity index (χ1) is 16.1. The molecule has 4 aromatic rings. The molecule has 164 valence electrons. The van der Waals surface area contributed by atoms with Gasteiger partial charge in [0, 0.05) is 18.2 Å². The van der Waals surface area contributed by atoms with Crippen LogP contribution < -0.4 is 10.6 Å². The molecule has 0 fully saturated rings. The summed E-state index contributed by atoms with van der Waals surface area (Å²) in [5.41, 5.74) is 2.88. The van der Waals surface area contributed by atoms with Crippen LogP contribution in [0.15, 0.2) is 77.4 Å². The molecule has 0 saturated carbocycles. The Balaban J connectivity index is 1.58. The van der Waals surface area contributed by atoms with Crippen LogP contribution in [0.4, 0.5) is 10.2 Å². The topological polar surface area (TPSA) is 104 Å². The smallest absolute Gasteiger partial charge is 0.255 e. The number of pyridine rings is 1. The monoisotopic (exact) mass is 441 g/mol. The van der Waals surface area contributed by atoms with Gasteiger partial charge in [-0.05, 0) is 42.3 Å². The van der Waals surface area contributed by atoms with Gasteiger partial charge in [-0.2, -0.15) is 5.26 Å². The fourth-order valence-corrected chi connectivity index (χ4v) is 3.34. The van der Waals surface area contributed by atoms with Gasteiger partial charge in [0.25, 0.3) is 5.91 Å². The maximum Gasteiger partial charge on any atom is 0.255 e. The highest BCUT2D eigenvalue weighted by Crippen LogP contribution is 2.25. The number of nitrogens with one attached hydrogen (secondary N) is 2. The molecule has 4 rings (SSSR count). The van der Waals surface area contributed by atoms with Crippen LogP contribution in [0.25, 0.3) is 11.3 Å². The number of hydrogen-bond acceptors (Lipinski definition) is 6. The van der Waals surface area contributed by atoms with E-state index in [1.54, 1.807) is 42.5 Å². The van der Waals surface area contributed by atoms with Crippen molar-refractivity contribution in [2.45, 2.75) is 13.0 Å². The van der Waals surface area contributed by atoms with Crippen LogP contribution >= 0.6 is 0 Å². The molecule has 0 unspecified atom stereocenters. The van der Waals surface area contributed by atoms with Gasteiger partial charge in [-0.3, -0.25) is 4.79 Å². The van der Waals surface area contributed by atoms with Crippen molar-refractivity contribution >= 4 is 11.7 Å². The Bertz CT molecular complexity index is 1300. The highest BCUT2D eigenvalue weighted by Gasteiger charge is 2.16. The van der Waals surface area contributed by atoms with E-state index in [2.05, 4.69) is 26.8 Å². The summed E-state index contributed by atoms with van der Waals surface area (Å²) in [6.45, 7) is 0.614. The van der Waals surface area contributed by atoms with E-state index in [1.165, 1.54) is 18.3 Å². The maximum atomic E-state index is 13.5. The Morgan fingerprint density at radius 2 is 1.97 bits per heavy atom. The van der Waals surface area contributed by atoms with E-state index >= 15 is 0 Å². The summed E-state index contributed by atoms with van der Waals surface area (Å²) in [5, 5.41) is 19.0. The summed E-state index contributed by atoms with van der Waals surface area (Å²) >= 11 is 0. The molecular weight excluding hydrogens is 421 g/mol. The van der Waals surface area contributed by atoms with Crippen molar-refractivity contribution in [2.24, 2.45) is 0 Å². The zero-order chi connectivity index (χ0) is 23.0. The predicted octanol–water partition coefficient (Wildman–Crippen LogP) is 4.33. The van der Waals surface area contributed by atoms with E-state index in [1.807, 2.05) is 12.1 Å². The Hall–Kier alpha value is -4.51. The van der Waals surface area contributed by atoms with Crippen molar-refractivity contribution in [2.75, 3.05) is 11.9 Å². The minimum absolute atomic E-state index is 0.181. The van der Waals surface area contributed by atoms with Crippen molar-refractivity contribution in [3.63, 3.8) is 0 Å². The number of rotatable bonds is 8.